The molecule has 0 spiro atoms. The summed E-state index contributed by atoms with van der Waals surface area (Å²) in [5, 5.41) is 9.61. The maximum absolute atomic E-state index is 11.2. The summed E-state index contributed by atoms with van der Waals surface area (Å²) in [5.41, 5.74) is 0. The topological polar surface area (TPSA) is 46.5 Å². The Hall–Kier alpha value is -0.220. The van der Waals surface area contributed by atoms with Gasteiger partial charge in [0.1, 0.15) is 0 Å². The Balaban J connectivity index is 4.07. The predicted octanol–water partition coefficient (Wildman–Crippen LogP) is 1.69. The van der Waals surface area contributed by atoms with Gasteiger partial charge < -0.3 is 9.84 Å². The second kappa shape index (κ2) is 6.30. The summed E-state index contributed by atoms with van der Waals surface area (Å²) in [7, 11) is 1.40. The molecule has 0 aromatic rings. The number of rotatable bonds is 5. The Bertz CT molecular complexity index is 182. The third-order valence-corrected chi connectivity index (χ3v) is 4.05. The van der Waals surface area contributed by atoms with Crippen LogP contribution in [-0.4, -0.2) is 34.8 Å². The van der Waals surface area contributed by atoms with Crippen molar-refractivity contribution in [1.82, 2.24) is 0 Å². The largest absolute Gasteiger partial charge is 0.469 e. The molecule has 0 heterocycles. The molecule has 4 heteroatoms. The van der Waals surface area contributed by atoms with Gasteiger partial charge in [0.2, 0.25) is 0 Å². The van der Waals surface area contributed by atoms with E-state index in [0.29, 0.717) is 0 Å². The van der Waals surface area contributed by atoms with Crippen molar-refractivity contribution >= 4 is 17.7 Å². The van der Waals surface area contributed by atoms with Crippen LogP contribution >= 0.6 is 11.8 Å². The Morgan fingerprint density at radius 2 is 1.71 bits per heavy atom. The maximum Gasteiger partial charge on any atom is 0.309 e. The average Bonchev–Trinajstić information content (AvgIpc) is 2.14. The number of hydrogen-bond acceptors (Lipinski definition) is 4. The van der Waals surface area contributed by atoms with Crippen LogP contribution in [0.4, 0.5) is 0 Å². The molecule has 0 bridgehead atoms. The van der Waals surface area contributed by atoms with Crippen LogP contribution in [0.25, 0.3) is 0 Å². The van der Waals surface area contributed by atoms with Crippen LogP contribution < -0.4 is 0 Å². The van der Waals surface area contributed by atoms with Gasteiger partial charge in [-0.05, 0) is 6.92 Å². The molecule has 4 unspecified atom stereocenters. The van der Waals surface area contributed by atoms with Gasteiger partial charge >= 0.3 is 5.97 Å². The fourth-order valence-electron chi connectivity index (χ4n) is 0.948. The third kappa shape index (κ3) is 4.33. The SMILES string of the molecule is COC(=O)C(C)C(C)SC(C)C(C)O. The van der Waals surface area contributed by atoms with Crippen LogP contribution in [-0.2, 0) is 9.53 Å². The lowest BCUT2D eigenvalue weighted by molar-refractivity contribution is -0.144. The molecule has 0 aliphatic heterocycles. The zero-order valence-electron chi connectivity index (χ0n) is 9.48. The summed E-state index contributed by atoms with van der Waals surface area (Å²) in [6, 6.07) is 0. The third-order valence-electron chi connectivity index (χ3n) is 2.39. The van der Waals surface area contributed by atoms with Crippen LogP contribution in [0.2, 0.25) is 0 Å². The van der Waals surface area contributed by atoms with E-state index in [1.807, 2.05) is 20.8 Å². The van der Waals surface area contributed by atoms with Gasteiger partial charge in [-0.15, -0.1) is 0 Å². The van der Waals surface area contributed by atoms with E-state index in [2.05, 4.69) is 4.74 Å². The minimum Gasteiger partial charge on any atom is -0.469 e. The minimum atomic E-state index is -0.354. The van der Waals surface area contributed by atoms with Crippen molar-refractivity contribution in [2.45, 2.75) is 44.3 Å². The molecule has 84 valence electrons. The highest BCUT2D eigenvalue weighted by Gasteiger charge is 2.24. The fraction of sp³-hybridized carbons (Fsp3) is 0.900. The van der Waals surface area contributed by atoms with Crippen molar-refractivity contribution in [3.63, 3.8) is 0 Å². The van der Waals surface area contributed by atoms with Gasteiger partial charge in [0.15, 0.2) is 0 Å². The number of hydrogen-bond donors (Lipinski definition) is 1. The molecule has 14 heavy (non-hydrogen) atoms. The molecule has 0 radical (unpaired) electrons. The van der Waals surface area contributed by atoms with E-state index in [1.54, 1.807) is 18.7 Å². The fourth-order valence-corrected chi connectivity index (χ4v) is 2.20. The average molecular weight is 220 g/mol. The molecule has 0 amide bonds. The number of aliphatic hydroxyl groups excluding tert-OH is 1. The molecule has 0 fully saturated rings. The minimum absolute atomic E-state index is 0.133. The highest BCUT2D eigenvalue weighted by molar-refractivity contribution is 8.00. The zero-order chi connectivity index (χ0) is 11.3. The summed E-state index contributed by atoms with van der Waals surface area (Å²) in [6.07, 6.45) is -0.354. The number of ether oxygens (including phenoxy) is 1. The maximum atomic E-state index is 11.2. The molecular weight excluding hydrogens is 200 g/mol. The van der Waals surface area contributed by atoms with Gasteiger partial charge in [-0.3, -0.25) is 4.79 Å². The Morgan fingerprint density at radius 1 is 1.21 bits per heavy atom. The molecule has 1 N–H and O–H groups in total. The monoisotopic (exact) mass is 220 g/mol. The molecule has 0 aromatic carbocycles. The van der Waals surface area contributed by atoms with Gasteiger partial charge in [-0.25, -0.2) is 0 Å². The van der Waals surface area contributed by atoms with Crippen LogP contribution in [0.3, 0.4) is 0 Å². The number of carbonyl (C=O) groups excluding carboxylic acids is 1. The Morgan fingerprint density at radius 3 is 2.07 bits per heavy atom. The van der Waals surface area contributed by atoms with E-state index in [0.717, 1.165) is 0 Å². The highest BCUT2D eigenvalue weighted by Crippen LogP contribution is 2.26. The molecule has 0 aliphatic rings. The molecule has 0 aromatic heterocycles. The van der Waals surface area contributed by atoms with E-state index >= 15 is 0 Å². The van der Waals surface area contributed by atoms with E-state index in [-0.39, 0.29) is 28.5 Å². The molecule has 0 aliphatic carbocycles. The zero-order valence-corrected chi connectivity index (χ0v) is 10.3. The number of thioether (sulfide) groups is 1. The normalized spacial score (nSPS) is 19.6. The van der Waals surface area contributed by atoms with Crippen molar-refractivity contribution in [3.8, 4) is 0 Å². The first kappa shape index (κ1) is 13.8. The lowest BCUT2D eigenvalue weighted by Crippen LogP contribution is -2.26. The molecule has 0 saturated heterocycles. The number of esters is 1. The van der Waals surface area contributed by atoms with Crippen LogP contribution in [0, 0.1) is 5.92 Å². The van der Waals surface area contributed by atoms with E-state index < -0.39 is 0 Å². The summed E-state index contributed by atoms with van der Waals surface area (Å²) in [5.74, 6) is -0.325. The smallest absolute Gasteiger partial charge is 0.309 e. The number of aliphatic hydroxyl groups is 1. The first-order valence-electron chi connectivity index (χ1n) is 4.81. The van der Waals surface area contributed by atoms with Crippen LogP contribution in [0.5, 0.6) is 0 Å². The van der Waals surface area contributed by atoms with Gasteiger partial charge in [0.25, 0.3) is 0 Å². The molecule has 0 saturated carbocycles. The quantitative estimate of drug-likeness (QED) is 0.716. The van der Waals surface area contributed by atoms with Crippen molar-refractivity contribution in [3.05, 3.63) is 0 Å². The molecule has 0 rings (SSSR count). The molecular formula is C10H20O3S. The summed E-state index contributed by atoms with van der Waals surface area (Å²) in [6.45, 7) is 7.53. The van der Waals surface area contributed by atoms with Crippen LogP contribution in [0.1, 0.15) is 27.7 Å². The van der Waals surface area contributed by atoms with Crippen molar-refractivity contribution < 1.29 is 14.6 Å². The van der Waals surface area contributed by atoms with E-state index in [9.17, 15) is 9.90 Å². The summed E-state index contributed by atoms with van der Waals surface area (Å²) in [4.78, 5) is 11.2. The van der Waals surface area contributed by atoms with E-state index in [1.165, 1.54) is 7.11 Å². The number of methoxy groups -OCH3 is 1. The lowest BCUT2D eigenvalue weighted by Gasteiger charge is -2.22. The van der Waals surface area contributed by atoms with Crippen molar-refractivity contribution in [2.75, 3.05) is 7.11 Å². The summed E-state index contributed by atoms with van der Waals surface area (Å²) >= 11 is 1.61. The standard InChI is InChI=1S/C10H20O3S/c1-6(10(12)13-5)8(3)14-9(4)7(2)11/h6-9,11H,1-5H3. The lowest BCUT2D eigenvalue weighted by atomic mass is 10.1. The first-order chi connectivity index (χ1) is 6.40. The second-order valence-corrected chi connectivity index (χ2v) is 5.36. The Labute approximate surface area is 90.2 Å². The van der Waals surface area contributed by atoms with Gasteiger partial charge in [-0.2, -0.15) is 11.8 Å². The summed E-state index contributed by atoms with van der Waals surface area (Å²) < 4.78 is 4.66. The number of carbonyl (C=O) groups is 1. The highest BCUT2D eigenvalue weighted by atomic mass is 32.2. The van der Waals surface area contributed by atoms with Crippen LogP contribution in [0.15, 0.2) is 0 Å². The molecule has 4 atom stereocenters. The van der Waals surface area contributed by atoms with Gasteiger partial charge in [0.05, 0.1) is 19.1 Å². The predicted molar refractivity (Wildman–Crippen MR) is 59.4 cm³/mol. The Kier molecular flexibility index (Phi) is 6.20. The molecule has 3 nitrogen and oxygen atoms in total. The van der Waals surface area contributed by atoms with Gasteiger partial charge in [-0.1, -0.05) is 20.8 Å². The van der Waals surface area contributed by atoms with E-state index in [4.69, 9.17) is 0 Å². The van der Waals surface area contributed by atoms with Gasteiger partial charge in [0, 0.05) is 10.5 Å². The second-order valence-electron chi connectivity index (χ2n) is 3.60. The van der Waals surface area contributed by atoms with Crippen molar-refractivity contribution in [2.24, 2.45) is 5.92 Å². The first-order valence-corrected chi connectivity index (χ1v) is 5.75. The van der Waals surface area contributed by atoms with Crippen molar-refractivity contribution in [1.29, 1.82) is 0 Å².